The molecule has 1 N–H and O–H groups in total. The lowest BCUT2D eigenvalue weighted by Crippen LogP contribution is -2.42. The van der Waals surface area contributed by atoms with Gasteiger partial charge in [-0.25, -0.2) is 4.98 Å². The average molecular weight is 377 g/mol. The lowest BCUT2D eigenvalue weighted by atomic mass is 9.86. The number of para-hydroxylation sites is 3. The van der Waals surface area contributed by atoms with Crippen LogP contribution in [0.2, 0.25) is 0 Å². The number of carbonyl (C=O) groups excluding carboxylic acids is 1. The predicted molar refractivity (Wildman–Crippen MR) is 110 cm³/mol. The van der Waals surface area contributed by atoms with Crippen molar-refractivity contribution in [3.05, 3.63) is 60.4 Å². The Morgan fingerprint density at radius 1 is 1.11 bits per heavy atom. The van der Waals surface area contributed by atoms with Crippen molar-refractivity contribution in [3.63, 3.8) is 0 Å². The molecule has 1 aromatic heterocycles. The largest absolute Gasteiger partial charge is 0.486 e. The van der Waals surface area contributed by atoms with Crippen molar-refractivity contribution in [2.45, 2.75) is 51.8 Å². The van der Waals surface area contributed by atoms with E-state index >= 15 is 0 Å². The van der Waals surface area contributed by atoms with Gasteiger partial charge in [-0.2, -0.15) is 0 Å². The van der Waals surface area contributed by atoms with Gasteiger partial charge in [0.05, 0.1) is 11.0 Å². The Hall–Kier alpha value is -2.82. The van der Waals surface area contributed by atoms with E-state index in [1.165, 1.54) is 19.3 Å². The predicted octanol–water partition coefficient (Wildman–Crippen LogP) is 4.31. The molecular weight excluding hydrogens is 350 g/mol. The first kappa shape index (κ1) is 18.5. The van der Waals surface area contributed by atoms with Crippen molar-refractivity contribution in [2.75, 3.05) is 0 Å². The van der Waals surface area contributed by atoms with E-state index in [0.29, 0.717) is 12.5 Å². The van der Waals surface area contributed by atoms with Gasteiger partial charge in [0, 0.05) is 6.04 Å². The number of hydrogen-bond donors (Lipinski definition) is 1. The number of nitrogens with one attached hydrogen (secondary N) is 1. The fraction of sp³-hybridized carbons (Fsp3) is 0.391. The molecule has 4 rings (SSSR count). The number of rotatable bonds is 6. The maximum atomic E-state index is 12.8. The molecule has 0 aliphatic heterocycles. The van der Waals surface area contributed by atoms with Crippen molar-refractivity contribution in [1.29, 1.82) is 0 Å². The first-order chi connectivity index (χ1) is 13.7. The van der Waals surface area contributed by atoms with E-state index in [1.807, 2.05) is 59.2 Å². The SMILES string of the molecule is CC1CCCCC1NC(=O)Cn1c(COc2ccccc2)nc2ccccc21. The molecule has 0 saturated heterocycles. The molecule has 1 amide bonds. The zero-order valence-corrected chi connectivity index (χ0v) is 16.3. The lowest BCUT2D eigenvalue weighted by molar-refractivity contribution is -0.122. The summed E-state index contributed by atoms with van der Waals surface area (Å²) in [6, 6.07) is 17.9. The zero-order valence-electron chi connectivity index (χ0n) is 16.3. The third-order valence-corrected chi connectivity index (χ3v) is 5.60. The number of aromatic nitrogens is 2. The highest BCUT2D eigenvalue weighted by molar-refractivity contribution is 5.81. The van der Waals surface area contributed by atoms with Crippen LogP contribution in [-0.4, -0.2) is 21.5 Å². The van der Waals surface area contributed by atoms with Crippen molar-refractivity contribution < 1.29 is 9.53 Å². The summed E-state index contributed by atoms with van der Waals surface area (Å²) in [7, 11) is 0. The number of benzene rings is 2. The first-order valence-electron chi connectivity index (χ1n) is 10.1. The molecular formula is C23H27N3O2. The molecule has 2 unspecified atom stereocenters. The van der Waals surface area contributed by atoms with E-state index in [4.69, 9.17) is 9.72 Å². The Morgan fingerprint density at radius 3 is 2.68 bits per heavy atom. The van der Waals surface area contributed by atoms with Gasteiger partial charge in [0.15, 0.2) is 0 Å². The van der Waals surface area contributed by atoms with Gasteiger partial charge < -0.3 is 14.6 Å². The number of hydrogen-bond acceptors (Lipinski definition) is 3. The Kier molecular flexibility index (Phi) is 5.60. The van der Waals surface area contributed by atoms with Crippen LogP contribution < -0.4 is 10.1 Å². The van der Waals surface area contributed by atoms with E-state index in [9.17, 15) is 4.79 Å². The van der Waals surface area contributed by atoms with Gasteiger partial charge in [0.25, 0.3) is 0 Å². The Balaban J connectivity index is 1.52. The van der Waals surface area contributed by atoms with Crippen molar-refractivity contribution in [2.24, 2.45) is 5.92 Å². The van der Waals surface area contributed by atoms with Crippen LogP contribution in [0.4, 0.5) is 0 Å². The first-order valence-corrected chi connectivity index (χ1v) is 10.1. The second-order valence-electron chi connectivity index (χ2n) is 7.64. The van der Waals surface area contributed by atoms with E-state index < -0.39 is 0 Å². The van der Waals surface area contributed by atoms with Crippen molar-refractivity contribution >= 4 is 16.9 Å². The van der Waals surface area contributed by atoms with Crippen LogP contribution in [0, 0.1) is 5.92 Å². The third-order valence-electron chi connectivity index (χ3n) is 5.60. The van der Waals surface area contributed by atoms with Gasteiger partial charge in [-0.15, -0.1) is 0 Å². The maximum Gasteiger partial charge on any atom is 0.240 e. The smallest absolute Gasteiger partial charge is 0.240 e. The Labute approximate surface area is 165 Å². The van der Waals surface area contributed by atoms with Crippen LogP contribution in [0.3, 0.4) is 0 Å². The van der Waals surface area contributed by atoms with Gasteiger partial charge in [-0.3, -0.25) is 4.79 Å². The average Bonchev–Trinajstić information content (AvgIpc) is 3.06. The molecule has 5 heteroatoms. The Bertz CT molecular complexity index is 935. The fourth-order valence-corrected chi connectivity index (χ4v) is 4.00. The monoisotopic (exact) mass is 377 g/mol. The standard InChI is InChI=1S/C23H27N3O2/c1-17-9-5-6-12-19(17)25-23(27)15-26-21-14-8-7-13-20(21)24-22(26)16-28-18-10-3-2-4-11-18/h2-4,7-8,10-11,13-14,17,19H,5-6,9,12,15-16H2,1H3,(H,25,27). The van der Waals surface area contributed by atoms with E-state index in [0.717, 1.165) is 29.0 Å². The molecule has 3 aromatic rings. The minimum Gasteiger partial charge on any atom is -0.486 e. The second kappa shape index (κ2) is 8.46. The van der Waals surface area contributed by atoms with Gasteiger partial charge in [0.2, 0.25) is 5.91 Å². The molecule has 1 aliphatic rings. The number of imidazole rings is 1. The van der Waals surface area contributed by atoms with Gasteiger partial charge in [-0.05, 0) is 43.0 Å². The van der Waals surface area contributed by atoms with Crippen molar-refractivity contribution in [1.82, 2.24) is 14.9 Å². The molecule has 0 bridgehead atoms. The summed E-state index contributed by atoms with van der Waals surface area (Å²) in [5.41, 5.74) is 1.84. The number of carbonyl (C=O) groups is 1. The van der Waals surface area contributed by atoms with Gasteiger partial charge >= 0.3 is 0 Å². The Morgan fingerprint density at radius 2 is 1.86 bits per heavy atom. The summed E-state index contributed by atoms with van der Waals surface area (Å²) in [5, 5.41) is 3.24. The molecule has 1 saturated carbocycles. The minimum atomic E-state index is 0.0443. The molecule has 0 radical (unpaired) electrons. The summed E-state index contributed by atoms with van der Waals surface area (Å²) < 4.78 is 7.87. The molecule has 2 aromatic carbocycles. The molecule has 0 spiro atoms. The van der Waals surface area contributed by atoms with Crippen LogP contribution in [0.15, 0.2) is 54.6 Å². The topological polar surface area (TPSA) is 56.2 Å². The van der Waals surface area contributed by atoms with Crippen LogP contribution >= 0.6 is 0 Å². The van der Waals surface area contributed by atoms with Crippen LogP contribution in [-0.2, 0) is 17.9 Å². The molecule has 1 aliphatic carbocycles. The van der Waals surface area contributed by atoms with Crippen LogP contribution in [0.1, 0.15) is 38.4 Å². The van der Waals surface area contributed by atoms with E-state index in [2.05, 4.69) is 12.2 Å². The third kappa shape index (κ3) is 4.19. The molecule has 146 valence electrons. The lowest BCUT2D eigenvalue weighted by Gasteiger charge is -2.29. The fourth-order valence-electron chi connectivity index (χ4n) is 4.00. The van der Waals surface area contributed by atoms with Crippen molar-refractivity contribution in [3.8, 4) is 5.75 Å². The summed E-state index contributed by atoms with van der Waals surface area (Å²) in [6.07, 6.45) is 4.72. The molecule has 28 heavy (non-hydrogen) atoms. The van der Waals surface area contributed by atoms with Crippen LogP contribution in [0.5, 0.6) is 5.75 Å². The summed E-state index contributed by atoms with van der Waals surface area (Å²) >= 11 is 0. The highest BCUT2D eigenvalue weighted by Crippen LogP contribution is 2.24. The number of fused-ring (bicyclic) bond motifs is 1. The highest BCUT2D eigenvalue weighted by Gasteiger charge is 2.23. The summed E-state index contributed by atoms with van der Waals surface area (Å²) in [4.78, 5) is 17.5. The van der Waals surface area contributed by atoms with Gasteiger partial charge in [0.1, 0.15) is 24.7 Å². The molecule has 2 atom stereocenters. The van der Waals surface area contributed by atoms with Crippen LogP contribution in [0.25, 0.3) is 11.0 Å². The second-order valence-corrected chi connectivity index (χ2v) is 7.64. The number of nitrogens with zero attached hydrogens (tertiary/aromatic N) is 2. The summed E-state index contributed by atoms with van der Waals surface area (Å²) in [5.74, 6) is 2.14. The molecule has 5 nitrogen and oxygen atoms in total. The van der Waals surface area contributed by atoms with E-state index in [-0.39, 0.29) is 18.5 Å². The van der Waals surface area contributed by atoms with Gasteiger partial charge in [-0.1, -0.05) is 50.1 Å². The normalized spacial score (nSPS) is 19.5. The van der Waals surface area contributed by atoms with E-state index in [1.54, 1.807) is 0 Å². The minimum absolute atomic E-state index is 0.0443. The molecule has 1 fully saturated rings. The zero-order chi connectivity index (χ0) is 19.3. The number of ether oxygens (including phenoxy) is 1. The summed E-state index contributed by atoms with van der Waals surface area (Å²) in [6.45, 7) is 2.82. The quantitative estimate of drug-likeness (QED) is 0.696. The maximum absolute atomic E-state index is 12.8. The number of amides is 1. The molecule has 1 heterocycles. The highest BCUT2D eigenvalue weighted by atomic mass is 16.5.